The number of pyridine rings is 1. The number of rotatable bonds is 4. The molecule has 0 aliphatic heterocycles. The van der Waals surface area contributed by atoms with Crippen LogP contribution in [0.1, 0.15) is 24.2 Å². The Bertz CT molecular complexity index is 871. The SMILES string of the molecule is O=C(COc1ccc2oc3c(c2c1)CCCC3)Nc1cccnc1. The van der Waals surface area contributed by atoms with Crippen molar-refractivity contribution in [2.75, 3.05) is 11.9 Å². The molecule has 2 heterocycles. The number of nitrogens with one attached hydrogen (secondary N) is 1. The molecule has 1 N–H and O–H groups in total. The number of nitrogens with zero attached hydrogens (tertiary/aromatic N) is 1. The highest BCUT2D eigenvalue weighted by Crippen LogP contribution is 2.33. The van der Waals surface area contributed by atoms with Crippen molar-refractivity contribution in [2.45, 2.75) is 25.7 Å². The summed E-state index contributed by atoms with van der Waals surface area (Å²) < 4.78 is 11.5. The average Bonchev–Trinajstić information content (AvgIpc) is 2.99. The van der Waals surface area contributed by atoms with Crippen LogP contribution in [0, 0.1) is 0 Å². The molecular formula is C19H18N2O3. The molecule has 1 aliphatic carbocycles. The van der Waals surface area contributed by atoms with E-state index in [1.807, 2.05) is 18.2 Å². The third-order valence-electron chi connectivity index (χ3n) is 4.24. The lowest BCUT2D eigenvalue weighted by molar-refractivity contribution is -0.118. The van der Waals surface area contributed by atoms with Gasteiger partial charge in [0.1, 0.15) is 17.1 Å². The van der Waals surface area contributed by atoms with Gasteiger partial charge in [0.15, 0.2) is 6.61 Å². The Kier molecular flexibility index (Phi) is 3.91. The molecule has 0 spiro atoms. The van der Waals surface area contributed by atoms with Crippen LogP contribution >= 0.6 is 0 Å². The zero-order valence-corrected chi connectivity index (χ0v) is 13.2. The summed E-state index contributed by atoms with van der Waals surface area (Å²) in [5.74, 6) is 1.57. The number of aryl methyl sites for hydroxylation is 2. The molecule has 5 heteroatoms. The average molecular weight is 322 g/mol. The first kappa shape index (κ1) is 14.8. The lowest BCUT2D eigenvalue weighted by Gasteiger charge is -2.09. The van der Waals surface area contributed by atoms with Crippen LogP contribution in [0.15, 0.2) is 47.1 Å². The molecule has 0 unspecified atom stereocenters. The van der Waals surface area contributed by atoms with E-state index in [0.29, 0.717) is 11.4 Å². The summed E-state index contributed by atoms with van der Waals surface area (Å²) in [7, 11) is 0. The summed E-state index contributed by atoms with van der Waals surface area (Å²) >= 11 is 0. The second-order valence-electron chi connectivity index (χ2n) is 5.95. The molecule has 0 radical (unpaired) electrons. The Balaban J connectivity index is 1.45. The number of amides is 1. The highest BCUT2D eigenvalue weighted by molar-refractivity contribution is 5.91. The maximum Gasteiger partial charge on any atom is 0.262 e. The molecule has 0 fully saturated rings. The van der Waals surface area contributed by atoms with Crippen molar-refractivity contribution in [3.05, 3.63) is 54.0 Å². The van der Waals surface area contributed by atoms with Crippen molar-refractivity contribution >= 4 is 22.6 Å². The van der Waals surface area contributed by atoms with Crippen LogP contribution in [0.25, 0.3) is 11.0 Å². The lowest BCUT2D eigenvalue weighted by Crippen LogP contribution is -2.20. The summed E-state index contributed by atoms with van der Waals surface area (Å²) in [4.78, 5) is 15.9. The number of ether oxygens (including phenoxy) is 1. The van der Waals surface area contributed by atoms with Gasteiger partial charge in [-0.15, -0.1) is 0 Å². The molecule has 4 rings (SSSR count). The van der Waals surface area contributed by atoms with Gasteiger partial charge in [0.25, 0.3) is 5.91 Å². The number of furan rings is 1. The zero-order chi connectivity index (χ0) is 16.4. The first-order chi connectivity index (χ1) is 11.8. The van der Waals surface area contributed by atoms with Crippen LogP contribution in [0.2, 0.25) is 0 Å². The Morgan fingerprint density at radius 3 is 3.04 bits per heavy atom. The number of hydrogen-bond donors (Lipinski definition) is 1. The van der Waals surface area contributed by atoms with E-state index in [1.165, 1.54) is 18.4 Å². The largest absolute Gasteiger partial charge is 0.484 e. The second-order valence-corrected chi connectivity index (χ2v) is 5.95. The molecule has 1 amide bonds. The predicted octanol–water partition coefficient (Wildman–Crippen LogP) is 3.72. The fourth-order valence-electron chi connectivity index (χ4n) is 3.11. The van der Waals surface area contributed by atoms with Crippen LogP contribution in [0.3, 0.4) is 0 Å². The molecule has 3 aromatic rings. The van der Waals surface area contributed by atoms with E-state index < -0.39 is 0 Å². The number of benzene rings is 1. The fourth-order valence-corrected chi connectivity index (χ4v) is 3.11. The van der Waals surface area contributed by atoms with E-state index in [-0.39, 0.29) is 12.5 Å². The summed E-state index contributed by atoms with van der Waals surface area (Å²) in [6, 6.07) is 9.29. The van der Waals surface area contributed by atoms with Crippen molar-refractivity contribution < 1.29 is 13.9 Å². The molecule has 122 valence electrons. The molecule has 0 bridgehead atoms. The smallest absolute Gasteiger partial charge is 0.262 e. The van der Waals surface area contributed by atoms with Crippen molar-refractivity contribution in [1.29, 1.82) is 0 Å². The van der Waals surface area contributed by atoms with Crippen LogP contribution in [-0.2, 0) is 17.6 Å². The van der Waals surface area contributed by atoms with Crippen molar-refractivity contribution in [3.63, 3.8) is 0 Å². The molecule has 24 heavy (non-hydrogen) atoms. The van der Waals surface area contributed by atoms with E-state index in [0.717, 1.165) is 29.6 Å². The minimum absolute atomic E-state index is 0.0412. The molecule has 0 atom stereocenters. The van der Waals surface area contributed by atoms with E-state index in [1.54, 1.807) is 24.5 Å². The molecule has 2 aromatic heterocycles. The van der Waals surface area contributed by atoms with Crippen molar-refractivity contribution in [1.82, 2.24) is 4.98 Å². The van der Waals surface area contributed by atoms with Gasteiger partial charge in [-0.25, -0.2) is 0 Å². The topological polar surface area (TPSA) is 64.4 Å². The summed E-state index contributed by atoms with van der Waals surface area (Å²) in [6.45, 7) is -0.0412. The van der Waals surface area contributed by atoms with Gasteiger partial charge in [-0.2, -0.15) is 0 Å². The normalized spacial score (nSPS) is 13.5. The Morgan fingerprint density at radius 2 is 2.17 bits per heavy atom. The monoisotopic (exact) mass is 322 g/mol. The molecule has 0 saturated heterocycles. The summed E-state index contributed by atoms with van der Waals surface area (Å²) in [5, 5.41) is 3.86. The van der Waals surface area contributed by atoms with Gasteiger partial charge >= 0.3 is 0 Å². The van der Waals surface area contributed by atoms with Gasteiger partial charge < -0.3 is 14.5 Å². The van der Waals surface area contributed by atoms with Gasteiger partial charge in [0.05, 0.1) is 11.9 Å². The molecule has 1 aliphatic rings. The number of hydrogen-bond acceptors (Lipinski definition) is 4. The van der Waals surface area contributed by atoms with Gasteiger partial charge in [0, 0.05) is 23.6 Å². The number of anilines is 1. The zero-order valence-electron chi connectivity index (χ0n) is 13.2. The lowest BCUT2D eigenvalue weighted by atomic mass is 9.96. The van der Waals surface area contributed by atoms with Crippen LogP contribution in [-0.4, -0.2) is 17.5 Å². The van der Waals surface area contributed by atoms with E-state index in [2.05, 4.69) is 10.3 Å². The van der Waals surface area contributed by atoms with Gasteiger partial charge in [-0.1, -0.05) is 0 Å². The summed E-state index contributed by atoms with van der Waals surface area (Å²) in [6.07, 6.45) is 7.70. The Morgan fingerprint density at radius 1 is 1.25 bits per heavy atom. The van der Waals surface area contributed by atoms with E-state index in [4.69, 9.17) is 9.15 Å². The maximum atomic E-state index is 11.9. The number of fused-ring (bicyclic) bond motifs is 3. The highest BCUT2D eigenvalue weighted by atomic mass is 16.5. The molecular weight excluding hydrogens is 304 g/mol. The van der Waals surface area contributed by atoms with E-state index in [9.17, 15) is 4.79 Å². The quantitative estimate of drug-likeness (QED) is 0.795. The van der Waals surface area contributed by atoms with Gasteiger partial charge in [-0.3, -0.25) is 9.78 Å². The number of carbonyl (C=O) groups is 1. The predicted molar refractivity (Wildman–Crippen MR) is 91.2 cm³/mol. The van der Waals surface area contributed by atoms with Gasteiger partial charge in [0.2, 0.25) is 0 Å². The van der Waals surface area contributed by atoms with Gasteiger partial charge in [-0.05, 0) is 49.6 Å². The standard InChI is InChI=1S/C19H18N2O3/c22-19(21-13-4-3-9-20-11-13)12-23-14-7-8-18-16(10-14)15-5-1-2-6-17(15)24-18/h3-4,7-11H,1-2,5-6,12H2,(H,21,22). The van der Waals surface area contributed by atoms with E-state index >= 15 is 0 Å². The molecule has 5 nitrogen and oxygen atoms in total. The Hall–Kier alpha value is -2.82. The third kappa shape index (κ3) is 2.97. The fraction of sp³-hybridized carbons (Fsp3) is 0.263. The van der Waals surface area contributed by atoms with Crippen LogP contribution in [0.4, 0.5) is 5.69 Å². The minimum Gasteiger partial charge on any atom is -0.484 e. The number of carbonyl (C=O) groups excluding carboxylic acids is 1. The van der Waals surface area contributed by atoms with Crippen LogP contribution in [0.5, 0.6) is 5.75 Å². The maximum absolute atomic E-state index is 11.9. The molecule has 0 saturated carbocycles. The second kappa shape index (κ2) is 6.35. The molecule has 1 aromatic carbocycles. The van der Waals surface area contributed by atoms with Crippen molar-refractivity contribution in [2.24, 2.45) is 0 Å². The minimum atomic E-state index is -0.211. The third-order valence-corrected chi connectivity index (χ3v) is 4.24. The first-order valence-corrected chi connectivity index (χ1v) is 8.16. The van der Waals surface area contributed by atoms with Crippen molar-refractivity contribution in [3.8, 4) is 5.75 Å². The summed E-state index contributed by atoms with van der Waals surface area (Å²) in [5.41, 5.74) is 2.85. The van der Waals surface area contributed by atoms with Crippen LogP contribution < -0.4 is 10.1 Å². The number of aromatic nitrogens is 1. The highest BCUT2D eigenvalue weighted by Gasteiger charge is 2.18. The Labute approximate surface area is 139 Å². The first-order valence-electron chi connectivity index (χ1n) is 8.16.